The van der Waals surface area contributed by atoms with Crippen LogP contribution >= 0.6 is 10.7 Å². The van der Waals surface area contributed by atoms with E-state index < -0.39 is 51.4 Å². The maximum Gasteiger partial charge on any atom is 0.314 e. The highest BCUT2D eigenvalue weighted by molar-refractivity contribution is 8.14. The van der Waals surface area contributed by atoms with Gasteiger partial charge in [0.05, 0.1) is 80.3 Å². The molecule has 4 unspecified atom stereocenters. The largest absolute Gasteiger partial charge is 0.415 e. The number of sulfonamides is 3. The van der Waals surface area contributed by atoms with E-state index in [1.165, 1.54) is 42.7 Å². The second-order valence-corrected chi connectivity index (χ2v) is 35.8. The van der Waals surface area contributed by atoms with Crippen LogP contribution in [0.1, 0.15) is 160 Å². The topological polar surface area (TPSA) is 449 Å². The summed E-state index contributed by atoms with van der Waals surface area (Å²) in [5.74, 6) is 0.879. The van der Waals surface area contributed by atoms with Crippen molar-refractivity contribution in [2.24, 2.45) is 21.2 Å². The van der Waals surface area contributed by atoms with Crippen LogP contribution in [0.15, 0.2) is 166 Å². The lowest BCUT2D eigenvalue weighted by Crippen LogP contribution is -2.34. The van der Waals surface area contributed by atoms with E-state index in [-0.39, 0.29) is 63.9 Å². The predicted octanol–water partition coefficient (Wildman–Crippen LogP) is 9.92. The molecule has 5 aromatic heterocycles. The van der Waals surface area contributed by atoms with Crippen molar-refractivity contribution in [3.63, 3.8) is 0 Å². The maximum atomic E-state index is 12.6. The number of benzene rings is 4. The maximum absolute atomic E-state index is 12.6. The lowest BCUT2D eigenvalue weighted by molar-refractivity contribution is 0.116. The molecule has 578 valence electrons. The molecule has 0 saturated heterocycles. The lowest BCUT2D eigenvalue weighted by atomic mass is 9.94. The number of hydrogen-bond donors (Lipinski definition) is 6. The Hall–Kier alpha value is -10.0. The zero-order valence-corrected chi connectivity index (χ0v) is 64.4. The predicted molar refractivity (Wildman–Crippen MR) is 409 cm³/mol. The Labute approximate surface area is 641 Å². The van der Waals surface area contributed by atoms with Crippen molar-refractivity contribution in [2.75, 3.05) is 43.4 Å². The molecular formula is C73H82ClF2N21O9S4. The van der Waals surface area contributed by atoms with Crippen LogP contribution in [-0.4, -0.2) is 143 Å². The van der Waals surface area contributed by atoms with Crippen molar-refractivity contribution in [3.8, 4) is 23.6 Å². The Morgan fingerprint density at radius 2 is 0.855 bits per heavy atom. The Morgan fingerprint density at radius 1 is 0.491 bits per heavy atom. The highest BCUT2D eigenvalue weighted by Gasteiger charge is 2.38. The van der Waals surface area contributed by atoms with Gasteiger partial charge in [-0.15, -0.1) is 15.3 Å². The SMILES string of the molecule is Cc1ccc(C(CN)Nc2ncc(C#N)cn2)cc1.Cc1ccc(C(CNS(=O)(=O)C2CC2)Cc2ncc(-c3nnc(C(F)F)o3)cn2)cc1.Cc1ccc(C(CNS(=O)(=O)C2CC2)Cc2ncc(C3=NN=NC3)cn2)cc1.Cc1ccc(C(CNS(=O)(=O)C2CC2)Nc2ncc(C#N)cn2)cc1.O=S(=O)(Cl)C1CC1. The van der Waals surface area contributed by atoms with Crippen molar-refractivity contribution in [3.05, 3.63) is 225 Å². The molecule has 1 aliphatic heterocycles. The van der Waals surface area contributed by atoms with Crippen molar-refractivity contribution < 1.29 is 46.9 Å². The number of alkyl halides is 2. The number of nitriles is 2. The summed E-state index contributed by atoms with van der Waals surface area (Å²) in [7, 11) is -8.08. The highest BCUT2D eigenvalue weighted by Crippen LogP contribution is 2.33. The number of aromatic nitrogens is 10. The molecule has 37 heteroatoms. The fraction of sp³-hybridized carbons (Fsp3) is 0.384. The molecule has 0 radical (unpaired) electrons. The molecule has 7 N–H and O–H groups in total. The van der Waals surface area contributed by atoms with Crippen molar-refractivity contribution in [1.82, 2.24) is 64.2 Å². The molecule has 4 fully saturated rings. The van der Waals surface area contributed by atoms with Gasteiger partial charge in [0.1, 0.15) is 30.3 Å². The Bertz CT molecular complexity index is 5160. The minimum atomic E-state index is -3.32. The molecule has 0 amide bonds. The van der Waals surface area contributed by atoms with Gasteiger partial charge in [-0.05, 0) is 107 Å². The van der Waals surface area contributed by atoms with E-state index in [4.69, 9.17) is 31.4 Å². The summed E-state index contributed by atoms with van der Waals surface area (Å²) in [6.07, 6.45) is 16.0. The summed E-state index contributed by atoms with van der Waals surface area (Å²) < 4.78 is 132. The Kier molecular flexibility index (Phi) is 28.5. The third kappa shape index (κ3) is 25.5. The third-order valence-electron chi connectivity index (χ3n) is 17.7. The van der Waals surface area contributed by atoms with Crippen molar-refractivity contribution >= 4 is 67.4 Å². The quantitative estimate of drug-likeness (QED) is 0.0237. The van der Waals surface area contributed by atoms with Crippen LogP contribution in [-0.2, 0) is 52.0 Å². The second kappa shape index (κ2) is 38.1. The van der Waals surface area contributed by atoms with Crippen LogP contribution in [0.4, 0.5) is 20.7 Å². The summed E-state index contributed by atoms with van der Waals surface area (Å²) in [5, 5.41) is 41.1. The first-order chi connectivity index (χ1) is 52.6. The van der Waals surface area contributed by atoms with Crippen LogP contribution in [0.25, 0.3) is 11.5 Å². The number of anilines is 2. The molecule has 14 rings (SSSR count). The fourth-order valence-electron chi connectivity index (χ4n) is 10.5. The zero-order valence-electron chi connectivity index (χ0n) is 60.4. The summed E-state index contributed by atoms with van der Waals surface area (Å²) in [4.78, 5) is 33.8. The monoisotopic (exact) mass is 1600 g/mol. The first-order valence-corrected chi connectivity index (χ1v) is 42.1. The van der Waals surface area contributed by atoms with Crippen LogP contribution in [0.3, 0.4) is 0 Å². The smallest absolute Gasteiger partial charge is 0.314 e. The van der Waals surface area contributed by atoms with Gasteiger partial charge in [-0.25, -0.2) is 87.7 Å². The van der Waals surface area contributed by atoms with Gasteiger partial charge >= 0.3 is 6.43 Å². The molecule has 4 aliphatic carbocycles. The van der Waals surface area contributed by atoms with Crippen LogP contribution in [0, 0.1) is 50.4 Å². The Morgan fingerprint density at radius 3 is 1.18 bits per heavy atom. The van der Waals surface area contributed by atoms with Crippen molar-refractivity contribution in [2.45, 2.75) is 143 Å². The van der Waals surface area contributed by atoms with E-state index in [1.807, 2.05) is 137 Å². The third-order valence-corrected chi connectivity index (χ3v) is 25.5. The molecule has 9 aromatic rings. The number of hydrogen-bond acceptors (Lipinski definition) is 27. The first-order valence-electron chi connectivity index (χ1n) is 35.1. The summed E-state index contributed by atoms with van der Waals surface area (Å²) in [6.45, 7) is 9.68. The van der Waals surface area contributed by atoms with Crippen LogP contribution in [0.2, 0.25) is 0 Å². The summed E-state index contributed by atoms with van der Waals surface area (Å²) >= 11 is 0. The number of rotatable bonds is 29. The van der Waals surface area contributed by atoms with Crippen molar-refractivity contribution in [1.29, 1.82) is 10.5 Å². The van der Waals surface area contributed by atoms with Crippen LogP contribution in [0.5, 0.6) is 0 Å². The van der Waals surface area contributed by atoms with Gasteiger partial charge in [0.2, 0.25) is 51.0 Å². The average Bonchev–Trinajstić information content (AvgIpc) is 1.13. The number of nitrogens with zero attached hydrogens (tertiary/aromatic N) is 15. The van der Waals surface area contributed by atoms with E-state index >= 15 is 0 Å². The van der Waals surface area contributed by atoms with E-state index in [1.54, 1.807) is 12.4 Å². The molecule has 6 heterocycles. The Balaban J connectivity index is 0.000000153. The first kappa shape index (κ1) is 82.5. The molecule has 4 aromatic carbocycles. The van der Waals surface area contributed by atoms with Gasteiger partial charge in [0.25, 0.3) is 11.8 Å². The lowest BCUT2D eigenvalue weighted by Gasteiger charge is -2.20. The van der Waals surface area contributed by atoms with Gasteiger partial charge in [0.15, 0.2) is 0 Å². The van der Waals surface area contributed by atoms with E-state index in [2.05, 4.69) is 90.3 Å². The van der Waals surface area contributed by atoms with Crippen LogP contribution < -0.4 is 30.5 Å². The molecule has 0 spiro atoms. The summed E-state index contributed by atoms with van der Waals surface area (Å²) in [6, 6.07) is 35.6. The number of halogens is 3. The average molecular weight is 1600 g/mol. The van der Waals surface area contributed by atoms with E-state index in [9.17, 15) is 42.5 Å². The molecule has 4 saturated carbocycles. The van der Waals surface area contributed by atoms with Gasteiger partial charge in [-0.3, -0.25) is 0 Å². The standard InChI is InChI=1S/C20H21F2N5O3S.C19H22N6O2S.C17H19N5O2S.C14H15N5.C3H5ClO2S/c1-12-2-4-13(5-3-12)14(11-25-31(28,29)16-6-7-16)8-17-23-9-15(10-24-17)19-26-27-20(30-19)18(21)22;1-13-2-4-14(5-3-13)15(11-23-28(26,27)17-6-7-17)8-19-20-9-16(10-21-19)18-12-22-25-24-18;1-12-2-4-14(5-3-12)16(11-21-25(23,24)15-6-7-15)22-17-19-9-13(8-18)10-20-17;1-10-2-4-12(5-3-10)13(7-16)19-14-17-8-11(6-15)9-18-14;4-7(5,6)3-1-2-3/h2-5,9-10,14,16,18,25H,6-8,11H2,1H3;2-5,9-10,15,17,23H,6-8,11-12H2,1H3;2-5,9-10,15-16,21H,6-7,11H2,1H3,(H,19,20,22);2-5,8-9,13H,7,16H2,1H3,(H,17,18,19);3H,1-2H2. The molecular weight excluding hydrogens is 1520 g/mol. The highest BCUT2D eigenvalue weighted by atomic mass is 35.7. The zero-order chi connectivity index (χ0) is 78.6. The fourth-order valence-corrected chi connectivity index (χ4v) is 16.0. The normalized spacial score (nSPS) is 15.7. The number of nitrogens with one attached hydrogen (secondary N) is 5. The van der Waals surface area contributed by atoms with Gasteiger partial charge < -0.3 is 20.8 Å². The molecule has 4 atom stereocenters. The minimum Gasteiger partial charge on any atom is -0.415 e. The van der Waals surface area contributed by atoms with E-state index in [0.29, 0.717) is 85.6 Å². The second-order valence-electron chi connectivity index (χ2n) is 26.8. The number of aryl methyl sites for hydroxylation is 4. The van der Waals surface area contributed by atoms with Gasteiger partial charge in [-0.1, -0.05) is 119 Å². The molecule has 30 nitrogen and oxygen atoms in total. The minimum absolute atomic E-state index is 0.0474. The molecule has 5 aliphatic rings. The number of nitrogens with two attached hydrogens (primary N) is 1. The van der Waals surface area contributed by atoms with E-state index in [0.717, 1.165) is 88.7 Å². The summed E-state index contributed by atoms with van der Waals surface area (Å²) in [5.41, 5.74) is 17.1. The van der Waals surface area contributed by atoms with Gasteiger partial charge in [-0.2, -0.15) is 24.4 Å². The molecule has 0 bridgehead atoms. The van der Waals surface area contributed by atoms with Gasteiger partial charge in [0, 0.05) is 91.9 Å². The molecule has 110 heavy (non-hydrogen) atoms.